The van der Waals surface area contributed by atoms with Gasteiger partial charge in [0.15, 0.2) is 5.13 Å². The first kappa shape index (κ1) is 22.9. The number of carbonyl (C=O) groups excluding carboxylic acids is 1. The van der Waals surface area contributed by atoms with Gasteiger partial charge < -0.3 is 4.90 Å². The number of thiazole rings is 1. The molecule has 1 saturated heterocycles. The van der Waals surface area contributed by atoms with Crippen molar-refractivity contribution in [2.75, 3.05) is 16.2 Å². The van der Waals surface area contributed by atoms with Crippen molar-refractivity contribution < 1.29 is 16.1 Å². The van der Waals surface area contributed by atoms with Gasteiger partial charge in [-0.2, -0.15) is 0 Å². The molecule has 162 valence electrons. The summed E-state index contributed by atoms with van der Waals surface area (Å²) in [4.78, 5) is 18.1. The van der Waals surface area contributed by atoms with Crippen molar-refractivity contribution in [3.63, 3.8) is 0 Å². The number of hydrogen-bond donors (Lipinski definition) is 2. The molecule has 0 bridgehead atoms. The Kier molecular flexibility index (Phi) is 7.65. The molecule has 2 heterocycles. The van der Waals surface area contributed by atoms with Crippen molar-refractivity contribution in [1.82, 2.24) is 4.98 Å². The van der Waals surface area contributed by atoms with Crippen LogP contribution in [-0.4, -0.2) is 25.9 Å². The maximum absolute atomic E-state index is 12.2. The van der Waals surface area contributed by atoms with Gasteiger partial charge >= 0.3 is 0 Å². The summed E-state index contributed by atoms with van der Waals surface area (Å²) in [5.74, 6) is 0.0755. The van der Waals surface area contributed by atoms with Crippen LogP contribution in [0.3, 0.4) is 0 Å². The minimum absolute atomic E-state index is 0. The second-order valence-electron chi connectivity index (χ2n) is 6.16. The predicted octanol–water partition coefficient (Wildman–Crippen LogP) is 5.84. The highest BCUT2D eigenvalue weighted by molar-refractivity contribution is 7.93. The van der Waals surface area contributed by atoms with Crippen molar-refractivity contribution >= 4 is 73.9 Å². The smallest absolute Gasteiger partial charge is 0.263 e. The molecule has 4 rings (SSSR count). The van der Waals surface area contributed by atoms with Crippen LogP contribution < -0.4 is 9.62 Å². The number of amides is 1. The molecule has 11 heteroatoms. The van der Waals surface area contributed by atoms with Crippen molar-refractivity contribution in [3.05, 3.63) is 64.1 Å². The lowest BCUT2D eigenvalue weighted by atomic mass is 10.3. The minimum atomic E-state index is -3.64. The number of halogens is 2. The van der Waals surface area contributed by atoms with Gasteiger partial charge in [-0.25, -0.2) is 13.4 Å². The zero-order valence-electron chi connectivity index (χ0n) is 15.5. The van der Waals surface area contributed by atoms with Crippen molar-refractivity contribution in [1.29, 1.82) is 0 Å². The van der Waals surface area contributed by atoms with E-state index in [1.807, 2.05) is 0 Å². The van der Waals surface area contributed by atoms with E-state index in [1.165, 1.54) is 29.7 Å². The van der Waals surface area contributed by atoms with Crippen LogP contribution in [0.15, 0.2) is 63.8 Å². The largest absolute Gasteiger partial charge is 0.312 e. The van der Waals surface area contributed by atoms with Crippen molar-refractivity contribution in [2.45, 2.75) is 22.6 Å². The molecule has 1 aromatic heterocycles. The van der Waals surface area contributed by atoms with E-state index >= 15 is 0 Å². The molecule has 0 saturated carbocycles. The number of carbonyl (C=O) groups is 1. The molecular formula is C19H21Cl2N3O3S3. The third kappa shape index (κ3) is 5.67. The van der Waals surface area contributed by atoms with E-state index in [4.69, 9.17) is 23.2 Å². The highest BCUT2D eigenvalue weighted by atomic mass is 35.5. The second kappa shape index (κ2) is 10.0. The predicted molar refractivity (Wildman–Crippen MR) is 129 cm³/mol. The van der Waals surface area contributed by atoms with Gasteiger partial charge in [-0.05, 0) is 42.8 Å². The summed E-state index contributed by atoms with van der Waals surface area (Å²) < 4.78 is 26.8. The van der Waals surface area contributed by atoms with E-state index in [2.05, 4.69) is 22.3 Å². The quantitative estimate of drug-likeness (QED) is 0.436. The molecule has 1 fully saturated rings. The molecule has 1 aliphatic heterocycles. The molecule has 0 unspecified atom stereocenters. The van der Waals surface area contributed by atoms with Gasteiger partial charge in [0.1, 0.15) is 0 Å². The zero-order chi connectivity index (χ0) is 21.7. The first-order chi connectivity index (χ1) is 14.3. The molecule has 0 aliphatic carbocycles. The van der Waals surface area contributed by atoms with Crippen LogP contribution in [0.25, 0.3) is 0 Å². The molecule has 0 radical (unpaired) electrons. The first-order valence-electron chi connectivity index (χ1n) is 8.73. The fraction of sp³-hybridized carbons (Fsp3) is 0.158. The highest BCUT2D eigenvalue weighted by Gasteiger charge is 2.22. The molecule has 0 spiro atoms. The number of aromatic nitrogens is 1. The summed E-state index contributed by atoms with van der Waals surface area (Å²) in [5, 5.41) is 3.08. The van der Waals surface area contributed by atoms with Gasteiger partial charge in [0.25, 0.3) is 10.0 Å². The number of nitrogens with one attached hydrogen (secondary N) is 1. The Morgan fingerprint density at radius 1 is 1.17 bits per heavy atom. The van der Waals surface area contributed by atoms with Gasteiger partial charge in [-0.15, -0.1) is 24.0 Å². The summed E-state index contributed by atoms with van der Waals surface area (Å²) >= 11 is 16.6. The maximum Gasteiger partial charge on any atom is 0.263 e. The minimum Gasteiger partial charge on any atom is -0.312 e. The molecule has 1 aliphatic rings. The summed E-state index contributed by atoms with van der Waals surface area (Å²) in [6.07, 6.45) is 2.92. The average molecular weight is 507 g/mol. The lowest BCUT2D eigenvalue weighted by Gasteiger charge is -2.16. The van der Waals surface area contributed by atoms with Crippen molar-refractivity contribution in [3.8, 4) is 0 Å². The van der Waals surface area contributed by atoms with E-state index in [-0.39, 0.29) is 13.7 Å². The SMILES string of the molecule is O=C1CCCN1c1ccc(S(=O)(=O)Nc2nccs2)cc1.Sc1cccc(Cl)c1Cl.[HH].[HH]. The third-order valence-electron chi connectivity index (χ3n) is 4.12. The lowest BCUT2D eigenvalue weighted by molar-refractivity contribution is -0.117. The Labute approximate surface area is 197 Å². The van der Waals surface area contributed by atoms with E-state index in [9.17, 15) is 13.2 Å². The standard InChI is InChI=1S/C13H13N3O3S2.C6H4Cl2S.2H2/c17-12-2-1-8-16(12)10-3-5-11(6-4-10)21(18,19)15-13-14-7-9-20-13;7-4-2-1-3-5(9)6(4)8;;/h3-7,9H,1-2,8H2,(H,14,15);1-3,9H;2*1H. The van der Waals surface area contributed by atoms with Crippen LogP contribution >= 0.6 is 47.2 Å². The number of rotatable bonds is 4. The number of hydrogen-bond acceptors (Lipinski definition) is 6. The third-order valence-corrected chi connectivity index (χ3v) is 7.61. The summed E-state index contributed by atoms with van der Waals surface area (Å²) in [6.45, 7) is 0.683. The van der Waals surface area contributed by atoms with Gasteiger partial charge in [0.05, 0.1) is 14.9 Å². The molecular weight excluding hydrogens is 485 g/mol. The van der Waals surface area contributed by atoms with E-state index in [0.29, 0.717) is 33.0 Å². The maximum atomic E-state index is 12.2. The zero-order valence-corrected chi connectivity index (χ0v) is 19.5. The van der Waals surface area contributed by atoms with Gasteiger partial charge in [-0.1, -0.05) is 29.3 Å². The fourth-order valence-electron chi connectivity index (χ4n) is 2.67. The van der Waals surface area contributed by atoms with Gasteiger partial charge in [0.2, 0.25) is 5.91 Å². The Morgan fingerprint density at radius 3 is 2.43 bits per heavy atom. The second-order valence-corrected chi connectivity index (χ2v) is 10.0. The van der Waals surface area contributed by atoms with E-state index < -0.39 is 10.0 Å². The first-order valence-corrected chi connectivity index (χ1v) is 12.3. The van der Waals surface area contributed by atoms with Crippen LogP contribution in [-0.2, 0) is 14.8 Å². The van der Waals surface area contributed by atoms with Crippen LogP contribution in [0, 0.1) is 0 Å². The van der Waals surface area contributed by atoms with Crippen molar-refractivity contribution in [2.24, 2.45) is 0 Å². The normalized spacial score (nSPS) is 13.7. The molecule has 30 heavy (non-hydrogen) atoms. The molecule has 6 nitrogen and oxygen atoms in total. The average Bonchev–Trinajstić information content (AvgIpc) is 3.38. The molecule has 1 N–H and O–H groups in total. The van der Waals surface area contributed by atoms with Crippen LogP contribution in [0.4, 0.5) is 10.8 Å². The topological polar surface area (TPSA) is 79.4 Å². The van der Waals surface area contributed by atoms with Crippen LogP contribution in [0.5, 0.6) is 0 Å². The monoisotopic (exact) mass is 505 g/mol. The Morgan fingerprint density at radius 2 is 1.90 bits per heavy atom. The molecule has 1 amide bonds. The summed E-state index contributed by atoms with van der Waals surface area (Å²) in [6, 6.07) is 11.6. The number of thiol groups is 1. The van der Waals surface area contributed by atoms with E-state index in [0.717, 1.165) is 12.1 Å². The number of nitrogens with zero attached hydrogens (tertiary/aromatic N) is 2. The fourth-order valence-corrected chi connectivity index (χ4v) is 5.03. The van der Waals surface area contributed by atoms with Crippen LogP contribution in [0.2, 0.25) is 10.0 Å². The van der Waals surface area contributed by atoms with Gasteiger partial charge in [-0.3, -0.25) is 9.52 Å². The summed E-state index contributed by atoms with van der Waals surface area (Å²) in [5.41, 5.74) is 0.727. The molecule has 3 aromatic rings. The highest BCUT2D eigenvalue weighted by Crippen LogP contribution is 2.27. The number of sulfonamides is 1. The Bertz CT molecular complexity index is 1110. The Hall–Kier alpha value is -1.78. The van der Waals surface area contributed by atoms with E-state index in [1.54, 1.807) is 40.6 Å². The number of anilines is 2. The van der Waals surface area contributed by atoms with Gasteiger partial charge in [0, 0.05) is 38.0 Å². The molecule has 2 aromatic carbocycles. The van der Waals surface area contributed by atoms with Crippen LogP contribution in [0.1, 0.15) is 15.7 Å². The Balaban J connectivity index is 0.000000397. The lowest BCUT2D eigenvalue weighted by Crippen LogP contribution is -2.23. The molecule has 0 atom stereocenters. The number of benzene rings is 2. The summed E-state index contributed by atoms with van der Waals surface area (Å²) in [7, 11) is -3.64.